The fourth-order valence-electron chi connectivity index (χ4n) is 2.21. The minimum absolute atomic E-state index is 0.199. The monoisotopic (exact) mass is 328 g/mol. The second-order valence-corrected chi connectivity index (χ2v) is 6.24. The van der Waals surface area contributed by atoms with Crippen molar-refractivity contribution in [3.63, 3.8) is 0 Å². The summed E-state index contributed by atoms with van der Waals surface area (Å²) in [6.07, 6.45) is 0.458. The summed E-state index contributed by atoms with van der Waals surface area (Å²) in [6.45, 7) is 5.74. The molecule has 1 atom stereocenters. The van der Waals surface area contributed by atoms with E-state index in [1.807, 2.05) is 56.3 Å². The molecule has 24 heavy (non-hydrogen) atoms. The lowest BCUT2D eigenvalue weighted by Crippen LogP contribution is -2.47. The van der Waals surface area contributed by atoms with Crippen LogP contribution in [0.2, 0.25) is 0 Å². The molecule has 0 aliphatic carbocycles. The van der Waals surface area contributed by atoms with Gasteiger partial charge in [0.15, 0.2) is 6.10 Å². The van der Waals surface area contributed by atoms with Crippen molar-refractivity contribution in [2.75, 3.05) is 0 Å². The average Bonchev–Trinajstić information content (AvgIpc) is 2.57. The lowest BCUT2D eigenvalue weighted by Gasteiger charge is -2.15. The Balaban J connectivity index is 1.85. The normalized spacial score (nSPS) is 12.0. The lowest BCUT2D eigenvalue weighted by molar-refractivity contribution is -0.132. The third-order valence-corrected chi connectivity index (χ3v) is 3.68. The molecule has 2 aromatic carbocycles. The summed E-state index contributed by atoms with van der Waals surface area (Å²) in [5, 5.41) is 2.16. The van der Waals surface area contributed by atoms with Gasteiger partial charge in [-0.25, -0.2) is 0 Å². The molecule has 0 aliphatic rings. The van der Waals surface area contributed by atoms with E-state index in [1.54, 1.807) is 6.92 Å². The van der Waals surface area contributed by atoms with Gasteiger partial charge in [0.2, 0.25) is 5.91 Å². The zero-order valence-corrected chi connectivity index (χ0v) is 14.3. The maximum Gasteiger partial charge on any atom is 0.279 e. The molecule has 5 heteroatoms. The van der Waals surface area contributed by atoms with Crippen LogP contribution in [-0.4, -0.2) is 17.9 Å². The van der Waals surface area contributed by atoms with E-state index in [9.17, 15) is 9.59 Å². The number of rotatable bonds is 6. The molecular weight excluding hydrogens is 304 g/mol. The number of amides is 2. The molecule has 2 rings (SSSR count). The summed E-state index contributed by atoms with van der Waals surface area (Å²) >= 11 is 0. The second-order valence-electron chi connectivity index (χ2n) is 6.24. The van der Waals surface area contributed by atoms with Crippen LogP contribution < -0.4 is 15.6 Å². The van der Waals surface area contributed by atoms with E-state index < -0.39 is 6.10 Å². The quantitative estimate of drug-likeness (QED) is 0.800. The Labute approximate surface area is 142 Å². The minimum atomic E-state index is -0.712. The SMILES string of the molecule is CC(C)CCC(=O)NNC(=O)C(C)Oc1ccc2ccccc2c1. The molecule has 0 aliphatic heterocycles. The molecule has 0 heterocycles. The first-order chi connectivity index (χ1) is 11.5. The Morgan fingerprint density at radius 2 is 1.71 bits per heavy atom. The highest BCUT2D eigenvalue weighted by molar-refractivity contribution is 5.85. The van der Waals surface area contributed by atoms with E-state index in [0.29, 0.717) is 18.1 Å². The van der Waals surface area contributed by atoms with Crippen LogP contribution >= 0.6 is 0 Å². The van der Waals surface area contributed by atoms with Crippen LogP contribution in [0.1, 0.15) is 33.6 Å². The highest BCUT2D eigenvalue weighted by Crippen LogP contribution is 2.21. The highest BCUT2D eigenvalue weighted by atomic mass is 16.5. The number of hydrogen-bond acceptors (Lipinski definition) is 3. The van der Waals surface area contributed by atoms with Gasteiger partial charge in [0.1, 0.15) is 5.75 Å². The molecule has 0 radical (unpaired) electrons. The van der Waals surface area contributed by atoms with E-state index in [0.717, 1.165) is 17.2 Å². The molecular formula is C19H24N2O3. The van der Waals surface area contributed by atoms with E-state index in [-0.39, 0.29) is 11.8 Å². The van der Waals surface area contributed by atoms with E-state index in [4.69, 9.17) is 4.74 Å². The lowest BCUT2D eigenvalue weighted by atomic mass is 10.1. The van der Waals surface area contributed by atoms with Crippen molar-refractivity contribution in [1.29, 1.82) is 0 Å². The van der Waals surface area contributed by atoms with Gasteiger partial charge in [-0.3, -0.25) is 20.4 Å². The largest absolute Gasteiger partial charge is 0.481 e. The summed E-state index contributed by atoms with van der Waals surface area (Å²) in [7, 11) is 0. The number of benzene rings is 2. The van der Waals surface area contributed by atoms with Gasteiger partial charge in [0, 0.05) is 6.42 Å². The molecule has 0 saturated heterocycles. The predicted molar refractivity (Wildman–Crippen MR) is 94.4 cm³/mol. The Bertz CT molecular complexity index is 713. The van der Waals surface area contributed by atoms with Crippen LogP contribution in [0.5, 0.6) is 5.75 Å². The van der Waals surface area contributed by atoms with Crippen LogP contribution in [0.25, 0.3) is 10.8 Å². The Hall–Kier alpha value is -2.56. The van der Waals surface area contributed by atoms with Gasteiger partial charge >= 0.3 is 0 Å². The molecule has 5 nitrogen and oxygen atoms in total. The van der Waals surface area contributed by atoms with Crippen molar-refractivity contribution in [3.05, 3.63) is 42.5 Å². The summed E-state index contributed by atoms with van der Waals surface area (Å²) < 4.78 is 5.65. The molecule has 0 saturated carbocycles. The molecule has 0 bridgehead atoms. The summed E-state index contributed by atoms with van der Waals surface area (Å²) in [4.78, 5) is 23.6. The van der Waals surface area contributed by atoms with Gasteiger partial charge in [-0.05, 0) is 42.2 Å². The van der Waals surface area contributed by atoms with Crippen LogP contribution in [0, 0.1) is 5.92 Å². The van der Waals surface area contributed by atoms with E-state index in [2.05, 4.69) is 10.9 Å². The topological polar surface area (TPSA) is 67.4 Å². The van der Waals surface area contributed by atoms with Crippen molar-refractivity contribution in [1.82, 2.24) is 10.9 Å². The first-order valence-corrected chi connectivity index (χ1v) is 8.20. The third kappa shape index (κ3) is 5.26. The van der Waals surface area contributed by atoms with Crippen molar-refractivity contribution in [2.24, 2.45) is 5.92 Å². The van der Waals surface area contributed by atoms with Crippen molar-refractivity contribution in [2.45, 2.75) is 39.7 Å². The van der Waals surface area contributed by atoms with Gasteiger partial charge in [0.05, 0.1) is 0 Å². The molecule has 0 fully saturated rings. The fourth-order valence-corrected chi connectivity index (χ4v) is 2.21. The van der Waals surface area contributed by atoms with Gasteiger partial charge in [-0.1, -0.05) is 44.2 Å². The molecule has 2 aromatic rings. The number of carbonyl (C=O) groups is 2. The van der Waals surface area contributed by atoms with Crippen molar-refractivity contribution < 1.29 is 14.3 Å². The van der Waals surface area contributed by atoms with Crippen LogP contribution in [0.4, 0.5) is 0 Å². The number of carbonyl (C=O) groups excluding carboxylic acids is 2. The zero-order valence-electron chi connectivity index (χ0n) is 14.3. The van der Waals surface area contributed by atoms with Gasteiger partial charge in [0.25, 0.3) is 5.91 Å². The predicted octanol–water partition coefficient (Wildman–Crippen LogP) is 3.19. The number of nitrogens with one attached hydrogen (secondary N) is 2. The molecule has 128 valence electrons. The van der Waals surface area contributed by atoms with Crippen LogP contribution in [-0.2, 0) is 9.59 Å². The Morgan fingerprint density at radius 1 is 1.00 bits per heavy atom. The molecule has 2 amide bonds. The average molecular weight is 328 g/mol. The van der Waals surface area contributed by atoms with Crippen LogP contribution in [0.15, 0.2) is 42.5 Å². The third-order valence-electron chi connectivity index (χ3n) is 3.68. The molecule has 0 aromatic heterocycles. The Morgan fingerprint density at radius 3 is 2.42 bits per heavy atom. The zero-order chi connectivity index (χ0) is 17.5. The molecule has 0 spiro atoms. The highest BCUT2D eigenvalue weighted by Gasteiger charge is 2.15. The molecule has 1 unspecified atom stereocenters. The second kappa shape index (κ2) is 8.34. The smallest absolute Gasteiger partial charge is 0.279 e. The maximum absolute atomic E-state index is 12.0. The number of hydrazine groups is 1. The fraction of sp³-hybridized carbons (Fsp3) is 0.368. The number of fused-ring (bicyclic) bond motifs is 1. The van der Waals surface area contributed by atoms with Crippen molar-refractivity contribution in [3.8, 4) is 5.75 Å². The Kier molecular flexibility index (Phi) is 6.18. The van der Waals surface area contributed by atoms with E-state index >= 15 is 0 Å². The summed E-state index contributed by atoms with van der Waals surface area (Å²) in [5.74, 6) is 0.472. The minimum Gasteiger partial charge on any atom is -0.481 e. The number of hydrogen-bond donors (Lipinski definition) is 2. The molecule has 2 N–H and O–H groups in total. The van der Waals surface area contributed by atoms with Crippen LogP contribution in [0.3, 0.4) is 0 Å². The first-order valence-electron chi connectivity index (χ1n) is 8.20. The van der Waals surface area contributed by atoms with Crippen molar-refractivity contribution >= 4 is 22.6 Å². The first kappa shape index (κ1) is 17.8. The van der Waals surface area contributed by atoms with Gasteiger partial charge < -0.3 is 4.74 Å². The van der Waals surface area contributed by atoms with Gasteiger partial charge in [-0.2, -0.15) is 0 Å². The summed E-state index contributed by atoms with van der Waals surface area (Å²) in [5.41, 5.74) is 4.82. The van der Waals surface area contributed by atoms with E-state index in [1.165, 1.54) is 0 Å². The maximum atomic E-state index is 12.0. The van der Waals surface area contributed by atoms with Gasteiger partial charge in [-0.15, -0.1) is 0 Å². The summed E-state index contributed by atoms with van der Waals surface area (Å²) in [6, 6.07) is 13.6. The number of ether oxygens (including phenoxy) is 1. The standard InChI is InChI=1S/C19H24N2O3/c1-13(2)8-11-18(22)20-21-19(23)14(3)24-17-10-9-15-6-4-5-7-16(15)12-17/h4-7,9-10,12-14H,8,11H2,1-3H3,(H,20,22)(H,21,23).